The van der Waals surface area contributed by atoms with Crippen LogP contribution in [0.2, 0.25) is 0 Å². The highest BCUT2D eigenvalue weighted by molar-refractivity contribution is 4.93. The molecule has 2 aliphatic rings. The first-order valence-corrected chi connectivity index (χ1v) is 6.37. The number of fused-ring (bicyclic) bond motifs is 1. The molecule has 1 aliphatic carbocycles. The fourth-order valence-electron chi connectivity index (χ4n) is 3.04. The molecule has 1 saturated heterocycles. The predicted molar refractivity (Wildman–Crippen MR) is 60.4 cm³/mol. The van der Waals surface area contributed by atoms with Gasteiger partial charge in [-0.2, -0.15) is 0 Å². The van der Waals surface area contributed by atoms with Gasteiger partial charge in [-0.3, -0.25) is 0 Å². The molecule has 82 valence electrons. The number of rotatable bonds is 4. The van der Waals surface area contributed by atoms with Gasteiger partial charge in [-0.1, -0.05) is 19.8 Å². The van der Waals surface area contributed by atoms with Crippen LogP contribution in [0, 0.1) is 5.92 Å². The third-order valence-electron chi connectivity index (χ3n) is 3.76. The van der Waals surface area contributed by atoms with Crippen molar-refractivity contribution < 1.29 is 0 Å². The first-order chi connectivity index (χ1) is 6.90. The van der Waals surface area contributed by atoms with Gasteiger partial charge >= 0.3 is 0 Å². The molecule has 2 rings (SSSR count). The van der Waals surface area contributed by atoms with Crippen molar-refractivity contribution in [2.45, 2.75) is 57.5 Å². The minimum atomic E-state index is 0.759. The normalized spacial score (nSPS) is 37.1. The molecule has 3 unspecified atom stereocenters. The number of hydrogen-bond acceptors (Lipinski definition) is 2. The Bertz CT molecular complexity index is 156. The van der Waals surface area contributed by atoms with E-state index in [4.69, 9.17) is 0 Å². The lowest BCUT2D eigenvalue weighted by atomic mass is 9.85. The number of hydrogen-bond donors (Lipinski definition) is 2. The smallest absolute Gasteiger partial charge is 0.0198 e. The van der Waals surface area contributed by atoms with Crippen LogP contribution in [-0.4, -0.2) is 25.2 Å². The number of nitrogens with one attached hydrogen (secondary N) is 2. The highest BCUT2D eigenvalue weighted by atomic mass is 15.0. The van der Waals surface area contributed by atoms with Crippen molar-refractivity contribution in [2.24, 2.45) is 5.92 Å². The Hall–Kier alpha value is -0.0800. The summed E-state index contributed by atoms with van der Waals surface area (Å²) in [5.41, 5.74) is 0. The van der Waals surface area contributed by atoms with Gasteiger partial charge in [-0.25, -0.2) is 0 Å². The quantitative estimate of drug-likeness (QED) is 0.671. The Kier molecular flexibility index (Phi) is 3.82. The third-order valence-corrected chi connectivity index (χ3v) is 3.76. The van der Waals surface area contributed by atoms with Crippen LogP contribution in [0.1, 0.15) is 45.4 Å². The molecule has 0 aromatic heterocycles. The van der Waals surface area contributed by atoms with Crippen molar-refractivity contribution in [1.29, 1.82) is 0 Å². The zero-order valence-electron chi connectivity index (χ0n) is 9.39. The van der Waals surface area contributed by atoms with Crippen LogP contribution in [0.15, 0.2) is 0 Å². The molecule has 1 aliphatic heterocycles. The summed E-state index contributed by atoms with van der Waals surface area (Å²) in [6.07, 6.45) is 8.49. The fourth-order valence-corrected chi connectivity index (χ4v) is 3.04. The van der Waals surface area contributed by atoms with E-state index in [2.05, 4.69) is 17.6 Å². The van der Waals surface area contributed by atoms with E-state index in [0.717, 1.165) is 18.0 Å². The average molecular weight is 196 g/mol. The second kappa shape index (κ2) is 5.13. The molecule has 0 bridgehead atoms. The van der Waals surface area contributed by atoms with Crippen LogP contribution >= 0.6 is 0 Å². The molecule has 0 spiro atoms. The van der Waals surface area contributed by atoms with Crippen LogP contribution in [0.4, 0.5) is 0 Å². The molecule has 1 heterocycles. The molecule has 0 amide bonds. The largest absolute Gasteiger partial charge is 0.315 e. The van der Waals surface area contributed by atoms with Gasteiger partial charge in [0.05, 0.1) is 0 Å². The van der Waals surface area contributed by atoms with Crippen LogP contribution in [0.3, 0.4) is 0 Å². The maximum atomic E-state index is 3.79. The zero-order valence-corrected chi connectivity index (χ0v) is 9.39. The summed E-state index contributed by atoms with van der Waals surface area (Å²) in [6.45, 7) is 4.59. The van der Waals surface area contributed by atoms with E-state index < -0.39 is 0 Å². The first kappa shape index (κ1) is 10.4. The minimum absolute atomic E-state index is 0.759. The van der Waals surface area contributed by atoms with E-state index in [9.17, 15) is 0 Å². The predicted octanol–water partition coefficient (Wildman–Crippen LogP) is 1.91. The Labute approximate surface area is 87.8 Å². The van der Waals surface area contributed by atoms with Crippen LogP contribution in [-0.2, 0) is 0 Å². The Morgan fingerprint density at radius 3 is 2.93 bits per heavy atom. The topological polar surface area (TPSA) is 24.1 Å². The summed E-state index contributed by atoms with van der Waals surface area (Å²) in [7, 11) is 0. The Morgan fingerprint density at radius 1 is 1.29 bits per heavy atom. The molecule has 0 aromatic carbocycles. The van der Waals surface area contributed by atoms with Crippen molar-refractivity contribution >= 4 is 0 Å². The summed E-state index contributed by atoms with van der Waals surface area (Å²) in [5.74, 6) is 0.997. The van der Waals surface area contributed by atoms with Crippen LogP contribution in [0.25, 0.3) is 0 Å². The SMILES string of the molecule is CCCNCC1CC2CCCCC2N1. The Balaban J connectivity index is 1.70. The summed E-state index contributed by atoms with van der Waals surface area (Å²) < 4.78 is 0. The van der Waals surface area contributed by atoms with Crippen molar-refractivity contribution in [3.63, 3.8) is 0 Å². The summed E-state index contributed by atoms with van der Waals surface area (Å²) in [6, 6.07) is 1.62. The van der Waals surface area contributed by atoms with E-state index in [-0.39, 0.29) is 0 Å². The van der Waals surface area contributed by atoms with E-state index in [1.54, 1.807) is 0 Å². The maximum absolute atomic E-state index is 3.79. The Morgan fingerprint density at radius 2 is 2.14 bits per heavy atom. The highest BCUT2D eigenvalue weighted by Gasteiger charge is 2.34. The van der Waals surface area contributed by atoms with Gasteiger partial charge in [-0.05, 0) is 38.1 Å². The van der Waals surface area contributed by atoms with E-state index in [1.807, 2.05) is 0 Å². The van der Waals surface area contributed by atoms with Gasteiger partial charge in [0.2, 0.25) is 0 Å². The summed E-state index contributed by atoms with van der Waals surface area (Å²) in [4.78, 5) is 0. The van der Waals surface area contributed by atoms with Gasteiger partial charge in [-0.15, -0.1) is 0 Å². The lowest BCUT2D eigenvalue weighted by Crippen LogP contribution is -2.38. The molecular weight excluding hydrogens is 172 g/mol. The zero-order chi connectivity index (χ0) is 9.80. The lowest BCUT2D eigenvalue weighted by molar-refractivity contribution is 0.325. The van der Waals surface area contributed by atoms with Crippen LogP contribution in [0.5, 0.6) is 0 Å². The van der Waals surface area contributed by atoms with Crippen molar-refractivity contribution in [3.05, 3.63) is 0 Å². The minimum Gasteiger partial charge on any atom is -0.315 e. The van der Waals surface area contributed by atoms with Crippen LogP contribution < -0.4 is 10.6 Å². The van der Waals surface area contributed by atoms with E-state index in [0.29, 0.717) is 0 Å². The standard InChI is InChI=1S/C12H24N2/c1-2-7-13-9-11-8-10-5-3-4-6-12(10)14-11/h10-14H,2-9H2,1H3. The second-order valence-corrected chi connectivity index (χ2v) is 4.95. The molecule has 2 nitrogen and oxygen atoms in total. The fraction of sp³-hybridized carbons (Fsp3) is 1.00. The van der Waals surface area contributed by atoms with Gasteiger partial charge < -0.3 is 10.6 Å². The van der Waals surface area contributed by atoms with Gasteiger partial charge in [0.15, 0.2) is 0 Å². The summed E-state index contributed by atoms with van der Waals surface area (Å²) in [5, 5.41) is 7.31. The highest BCUT2D eigenvalue weighted by Crippen LogP contribution is 2.32. The third kappa shape index (κ3) is 2.48. The van der Waals surface area contributed by atoms with Gasteiger partial charge in [0.25, 0.3) is 0 Å². The molecule has 2 heteroatoms. The molecular formula is C12H24N2. The van der Waals surface area contributed by atoms with Crippen molar-refractivity contribution in [3.8, 4) is 0 Å². The monoisotopic (exact) mass is 196 g/mol. The molecule has 3 atom stereocenters. The van der Waals surface area contributed by atoms with Crippen molar-refractivity contribution in [2.75, 3.05) is 13.1 Å². The van der Waals surface area contributed by atoms with Gasteiger partial charge in [0.1, 0.15) is 0 Å². The maximum Gasteiger partial charge on any atom is 0.0198 e. The molecule has 2 N–H and O–H groups in total. The average Bonchev–Trinajstić information content (AvgIpc) is 2.60. The van der Waals surface area contributed by atoms with Crippen molar-refractivity contribution in [1.82, 2.24) is 10.6 Å². The lowest BCUT2D eigenvalue weighted by Gasteiger charge is -2.24. The molecule has 0 radical (unpaired) electrons. The van der Waals surface area contributed by atoms with Gasteiger partial charge in [0, 0.05) is 18.6 Å². The first-order valence-electron chi connectivity index (χ1n) is 6.37. The molecule has 14 heavy (non-hydrogen) atoms. The summed E-state index contributed by atoms with van der Waals surface area (Å²) >= 11 is 0. The molecule has 1 saturated carbocycles. The molecule has 0 aromatic rings. The van der Waals surface area contributed by atoms with E-state index >= 15 is 0 Å². The second-order valence-electron chi connectivity index (χ2n) is 4.95. The molecule has 2 fully saturated rings. The van der Waals surface area contributed by atoms with E-state index in [1.165, 1.54) is 51.6 Å².